The van der Waals surface area contributed by atoms with E-state index in [1.165, 1.54) is 22.5 Å². The molecule has 0 saturated carbocycles. The smallest absolute Gasteiger partial charge is 0.0454 e. The molecule has 0 saturated heterocycles. The SMILES string of the molecule is CCNCc1cc(Cl)ccc1N(C)c1ccc(CC)cc1. The molecule has 2 nitrogen and oxygen atoms in total. The van der Waals surface area contributed by atoms with E-state index in [4.69, 9.17) is 11.6 Å². The van der Waals surface area contributed by atoms with E-state index in [-0.39, 0.29) is 0 Å². The van der Waals surface area contributed by atoms with Crippen LogP contribution in [0.4, 0.5) is 11.4 Å². The molecule has 1 N–H and O–H groups in total. The molecular weight excluding hydrogens is 280 g/mol. The number of hydrogen-bond acceptors (Lipinski definition) is 2. The van der Waals surface area contributed by atoms with E-state index < -0.39 is 0 Å². The predicted molar refractivity (Wildman–Crippen MR) is 92.7 cm³/mol. The quantitative estimate of drug-likeness (QED) is 0.826. The highest BCUT2D eigenvalue weighted by molar-refractivity contribution is 6.30. The van der Waals surface area contributed by atoms with Crippen LogP contribution in [0.15, 0.2) is 42.5 Å². The van der Waals surface area contributed by atoms with Crippen LogP contribution in [-0.4, -0.2) is 13.6 Å². The Morgan fingerprint density at radius 3 is 2.38 bits per heavy atom. The van der Waals surface area contributed by atoms with Gasteiger partial charge in [0.05, 0.1) is 0 Å². The number of aryl methyl sites for hydroxylation is 1. The molecule has 0 aliphatic carbocycles. The van der Waals surface area contributed by atoms with Crippen LogP contribution in [0.3, 0.4) is 0 Å². The van der Waals surface area contributed by atoms with E-state index in [2.05, 4.69) is 61.4 Å². The Hall–Kier alpha value is -1.51. The van der Waals surface area contributed by atoms with Crippen molar-refractivity contribution in [2.75, 3.05) is 18.5 Å². The molecule has 0 bridgehead atoms. The average Bonchev–Trinajstić information content (AvgIpc) is 2.52. The lowest BCUT2D eigenvalue weighted by Crippen LogP contribution is -2.17. The molecule has 0 aliphatic rings. The highest BCUT2D eigenvalue weighted by atomic mass is 35.5. The maximum atomic E-state index is 6.14. The molecular formula is C18H23ClN2. The molecule has 0 spiro atoms. The molecule has 3 heteroatoms. The summed E-state index contributed by atoms with van der Waals surface area (Å²) in [6.07, 6.45) is 1.07. The van der Waals surface area contributed by atoms with Crippen molar-refractivity contribution in [3.8, 4) is 0 Å². The minimum atomic E-state index is 0.779. The standard InChI is InChI=1S/C18H23ClN2/c1-4-14-6-9-17(10-7-14)21(3)18-11-8-16(19)12-15(18)13-20-5-2/h6-12,20H,4-5,13H2,1-3H3. The maximum absolute atomic E-state index is 6.14. The number of halogens is 1. The molecule has 2 aromatic carbocycles. The number of nitrogens with one attached hydrogen (secondary N) is 1. The minimum absolute atomic E-state index is 0.779. The summed E-state index contributed by atoms with van der Waals surface area (Å²) in [5.74, 6) is 0. The van der Waals surface area contributed by atoms with Crippen molar-refractivity contribution in [1.82, 2.24) is 5.32 Å². The Labute approximate surface area is 132 Å². The second kappa shape index (κ2) is 7.48. The second-order valence-corrected chi connectivity index (χ2v) is 5.57. The zero-order chi connectivity index (χ0) is 15.2. The van der Waals surface area contributed by atoms with Gasteiger partial charge in [-0.15, -0.1) is 0 Å². The van der Waals surface area contributed by atoms with Crippen LogP contribution in [0.5, 0.6) is 0 Å². The van der Waals surface area contributed by atoms with Gasteiger partial charge in [0.1, 0.15) is 0 Å². The molecule has 0 heterocycles. The van der Waals surface area contributed by atoms with Crippen LogP contribution in [-0.2, 0) is 13.0 Å². The van der Waals surface area contributed by atoms with Crippen molar-refractivity contribution in [2.24, 2.45) is 0 Å². The first-order chi connectivity index (χ1) is 10.2. The number of anilines is 2. The number of hydrogen-bond donors (Lipinski definition) is 1. The lowest BCUT2D eigenvalue weighted by Gasteiger charge is -2.23. The lowest BCUT2D eigenvalue weighted by atomic mass is 10.1. The minimum Gasteiger partial charge on any atom is -0.344 e. The Bertz CT molecular complexity index is 578. The lowest BCUT2D eigenvalue weighted by molar-refractivity contribution is 0.726. The van der Waals surface area contributed by atoms with E-state index in [1.807, 2.05) is 12.1 Å². The van der Waals surface area contributed by atoms with Crippen LogP contribution in [0.25, 0.3) is 0 Å². The number of nitrogens with zero attached hydrogens (tertiary/aromatic N) is 1. The fourth-order valence-corrected chi connectivity index (χ4v) is 2.57. The van der Waals surface area contributed by atoms with Crippen LogP contribution >= 0.6 is 11.6 Å². The Morgan fingerprint density at radius 1 is 1.05 bits per heavy atom. The molecule has 0 unspecified atom stereocenters. The molecule has 0 aromatic heterocycles. The summed E-state index contributed by atoms with van der Waals surface area (Å²) < 4.78 is 0. The Balaban J connectivity index is 2.30. The van der Waals surface area contributed by atoms with E-state index in [1.54, 1.807) is 0 Å². The number of benzene rings is 2. The van der Waals surface area contributed by atoms with Gasteiger partial charge in [-0.25, -0.2) is 0 Å². The van der Waals surface area contributed by atoms with Crippen LogP contribution in [0.1, 0.15) is 25.0 Å². The van der Waals surface area contributed by atoms with E-state index in [0.717, 1.165) is 24.5 Å². The van der Waals surface area contributed by atoms with Gasteiger partial charge >= 0.3 is 0 Å². The van der Waals surface area contributed by atoms with E-state index >= 15 is 0 Å². The predicted octanol–water partition coefficient (Wildman–Crippen LogP) is 4.78. The number of rotatable bonds is 6. The molecule has 112 valence electrons. The van der Waals surface area contributed by atoms with Crippen molar-refractivity contribution in [2.45, 2.75) is 26.8 Å². The van der Waals surface area contributed by atoms with Gasteiger partial charge in [0.15, 0.2) is 0 Å². The normalized spacial score (nSPS) is 10.7. The fraction of sp³-hybridized carbons (Fsp3) is 0.333. The molecule has 0 aliphatic heterocycles. The molecule has 0 amide bonds. The summed E-state index contributed by atoms with van der Waals surface area (Å²) in [6.45, 7) is 6.05. The third-order valence-electron chi connectivity index (χ3n) is 3.70. The van der Waals surface area contributed by atoms with Gasteiger partial charge in [-0.05, 0) is 54.4 Å². The fourth-order valence-electron chi connectivity index (χ4n) is 2.38. The van der Waals surface area contributed by atoms with Gasteiger partial charge in [0.25, 0.3) is 0 Å². The molecule has 2 rings (SSSR count). The average molecular weight is 303 g/mol. The summed E-state index contributed by atoms with van der Waals surface area (Å²) in [4.78, 5) is 2.21. The summed E-state index contributed by atoms with van der Waals surface area (Å²) in [6, 6.07) is 14.8. The summed E-state index contributed by atoms with van der Waals surface area (Å²) >= 11 is 6.14. The molecule has 2 aromatic rings. The van der Waals surface area contributed by atoms with Crippen LogP contribution < -0.4 is 10.2 Å². The van der Waals surface area contributed by atoms with E-state index in [0.29, 0.717) is 0 Å². The van der Waals surface area contributed by atoms with Gasteiger partial charge < -0.3 is 10.2 Å². The topological polar surface area (TPSA) is 15.3 Å². The highest BCUT2D eigenvalue weighted by Crippen LogP contribution is 2.29. The first-order valence-corrected chi connectivity index (χ1v) is 7.85. The van der Waals surface area contributed by atoms with Gasteiger partial charge in [-0.3, -0.25) is 0 Å². The highest BCUT2D eigenvalue weighted by Gasteiger charge is 2.10. The third kappa shape index (κ3) is 3.99. The van der Waals surface area contributed by atoms with Gasteiger partial charge in [-0.2, -0.15) is 0 Å². The van der Waals surface area contributed by atoms with Gasteiger partial charge in [-0.1, -0.05) is 37.6 Å². The van der Waals surface area contributed by atoms with Crippen molar-refractivity contribution in [3.63, 3.8) is 0 Å². The van der Waals surface area contributed by atoms with E-state index in [9.17, 15) is 0 Å². The zero-order valence-electron chi connectivity index (χ0n) is 13.0. The van der Waals surface area contributed by atoms with Gasteiger partial charge in [0.2, 0.25) is 0 Å². The molecule has 0 fully saturated rings. The van der Waals surface area contributed by atoms with Gasteiger partial charge in [0, 0.05) is 30.0 Å². The van der Waals surface area contributed by atoms with Crippen molar-refractivity contribution in [1.29, 1.82) is 0 Å². The van der Waals surface area contributed by atoms with Crippen molar-refractivity contribution < 1.29 is 0 Å². The molecule has 0 radical (unpaired) electrons. The molecule has 0 atom stereocenters. The van der Waals surface area contributed by atoms with Crippen molar-refractivity contribution >= 4 is 23.0 Å². The maximum Gasteiger partial charge on any atom is 0.0454 e. The summed E-state index contributed by atoms with van der Waals surface area (Å²) in [5, 5.41) is 4.15. The summed E-state index contributed by atoms with van der Waals surface area (Å²) in [5.41, 5.74) is 4.94. The summed E-state index contributed by atoms with van der Waals surface area (Å²) in [7, 11) is 2.10. The van der Waals surface area contributed by atoms with Crippen LogP contribution in [0.2, 0.25) is 5.02 Å². The largest absolute Gasteiger partial charge is 0.344 e. The first kappa shape index (κ1) is 15.9. The third-order valence-corrected chi connectivity index (χ3v) is 3.94. The second-order valence-electron chi connectivity index (χ2n) is 5.13. The Morgan fingerprint density at radius 2 is 1.76 bits per heavy atom. The van der Waals surface area contributed by atoms with Crippen molar-refractivity contribution in [3.05, 3.63) is 58.6 Å². The first-order valence-electron chi connectivity index (χ1n) is 7.47. The monoisotopic (exact) mass is 302 g/mol. The van der Waals surface area contributed by atoms with Crippen LogP contribution in [0, 0.1) is 0 Å². The zero-order valence-corrected chi connectivity index (χ0v) is 13.7. The Kier molecular flexibility index (Phi) is 5.66. The molecule has 21 heavy (non-hydrogen) atoms.